The largest absolute Gasteiger partial charge is 0.419 e. The zero-order valence-electron chi connectivity index (χ0n) is 18.9. The molecule has 7 nitrogen and oxygen atoms in total. The minimum atomic E-state index is -4.97. The van der Waals surface area contributed by atoms with Gasteiger partial charge in [0.1, 0.15) is 0 Å². The molecule has 1 aromatic heterocycles. The summed E-state index contributed by atoms with van der Waals surface area (Å²) in [6.07, 6.45) is -15.0. The fourth-order valence-electron chi connectivity index (χ4n) is 3.62. The maximum atomic E-state index is 13.3. The van der Waals surface area contributed by atoms with Crippen molar-refractivity contribution < 1.29 is 44.6 Å². The molecule has 16 heteroatoms. The first-order valence-electron chi connectivity index (χ1n) is 10.7. The zero-order chi connectivity index (χ0) is 27.9. The van der Waals surface area contributed by atoms with Crippen molar-refractivity contribution in [3.05, 3.63) is 59.7 Å². The first-order valence-corrected chi connectivity index (χ1v) is 10.7. The average molecular weight is 552 g/mol. The number of nitrogens with one attached hydrogen (secondary N) is 2. The summed E-state index contributed by atoms with van der Waals surface area (Å²) >= 11 is 0. The molecule has 0 amide bonds. The SMILES string of the molecule is OC1(C(F)(F)F)CCN(c2nc(Nc3cccc(C(F)(F)F)c3)nc(Nc3cccc(C(F)(F)F)c3)n2)C1. The molecule has 1 fully saturated rings. The number of nitrogens with zero attached hydrogens (tertiary/aromatic N) is 4. The minimum Gasteiger partial charge on any atom is -0.379 e. The Balaban J connectivity index is 1.70. The van der Waals surface area contributed by atoms with E-state index in [4.69, 9.17) is 0 Å². The van der Waals surface area contributed by atoms with Gasteiger partial charge in [0.2, 0.25) is 17.8 Å². The van der Waals surface area contributed by atoms with Crippen LogP contribution in [0, 0.1) is 0 Å². The summed E-state index contributed by atoms with van der Waals surface area (Å²) in [5, 5.41) is 15.0. The maximum absolute atomic E-state index is 13.3. The van der Waals surface area contributed by atoms with Crippen molar-refractivity contribution in [1.29, 1.82) is 0 Å². The molecule has 0 bridgehead atoms. The summed E-state index contributed by atoms with van der Waals surface area (Å²) in [6.45, 7) is -1.29. The lowest BCUT2D eigenvalue weighted by Crippen LogP contribution is -2.47. The van der Waals surface area contributed by atoms with Crippen LogP contribution in [0.3, 0.4) is 0 Å². The monoisotopic (exact) mass is 552 g/mol. The van der Waals surface area contributed by atoms with Crippen LogP contribution in [0.4, 0.5) is 68.7 Å². The van der Waals surface area contributed by atoms with Gasteiger partial charge in [0, 0.05) is 24.3 Å². The number of hydrogen-bond acceptors (Lipinski definition) is 7. The molecule has 0 aliphatic carbocycles. The molecule has 1 atom stereocenters. The highest BCUT2D eigenvalue weighted by molar-refractivity contribution is 5.61. The summed E-state index contributed by atoms with van der Waals surface area (Å²) in [7, 11) is 0. The smallest absolute Gasteiger partial charge is 0.379 e. The number of benzene rings is 2. The van der Waals surface area contributed by atoms with E-state index in [0.717, 1.165) is 41.3 Å². The van der Waals surface area contributed by atoms with Crippen molar-refractivity contribution in [1.82, 2.24) is 15.0 Å². The van der Waals surface area contributed by atoms with Crippen LogP contribution < -0.4 is 15.5 Å². The normalized spacial score (nSPS) is 18.5. The minimum absolute atomic E-state index is 0.129. The summed E-state index contributed by atoms with van der Waals surface area (Å²) < 4.78 is 118. The summed E-state index contributed by atoms with van der Waals surface area (Å²) in [4.78, 5) is 12.8. The Morgan fingerprint density at radius 2 is 1.21 bits per heavy atom. The third kappa shape index (κ3) is 6.00. The summed E-state index contributed by atoms with van der Waals surface area (Å²) in [5.74, 6) is -1.22. The summed E-state index contributed by atoms with van der Waals surface area (Å²) in [5.41, 5.74) is -5.34. The van der Waals surface area contributed by atoms with E-state index in [9.17, 15) is 44.6 Å². The molecule has 0 spiro atoms. The number of aliphatic hydroxyl groups is 1. The molecule has 1 aliphatic rings. The molecule has 38 heavy (non-hydrogen) atoms. The van der Waals surface area contributed by atoms with Gasteiger partial charge in [-0.05, 0) is 36.4 Å². The molecule has 4 rings (SSSR count). The van der Waals surface area contributed by atoms with E-state index in [2.05, 4.69) is 25.6 Å². The van der Waals surface area contributed by atoms with Crippen molar-refractivity contribution >= 4 is 29.2 Å². The van der Waals surface area contributed by atoms with E-state index in [1.807, 2.05) is 0 Å². The molecular formula is C22H17F9N6O. The Kier molecular flexibility index (Phi) is 6.80. The van der Waals surface area contributed by atoms with Crippen molar-refractivity contribution in [2.45, 2.75) is 30.6 Å². The number of hydrogen-bond donors (Lipinski definition) is 3. The average Bonchev–Trinajstić information content (AvgIpc) is 3.22. The van der Waals surface area contributed by atoms with Crippen LogP contribution in [-0.2, 0) is 12.4 Å². The van der Waals surface area contributed by atoms with E-state index < -0.39 is 66.1 Å². The van der Waals surface area contributed by atoms with Crippen molar-refractivity contribution in [2.24, 2.45) is 0 Å². The van der Waals surface area contributed by atoms with E-state index >= 15 is 0 Å². The highest BCUT2D eigenvalue weighted by Crippen LogP contribution is 2.39. The summed E-state index contributed by atoms with van der Waals surface area (Å²) in [6, 6.07) is 7.79. The lowest BCUT2D eigenvalue weighted by Gasteiger charge is -2.26. The maximum Gasteiger partial charge on any atom is 0.419 e. The predicted molar refractivity (Wildman–Crippen MR) is 117 cm³/mol. The van der Waals surface area contributed by atoms with E-state index in [1.165, 1.54) is 12.1 Å². The second-order valence-electron chi connectivity index (χ2n) is 8.39. The van der Waals surface area contributed by atoms with Crippen LogP contribution >= 0.6 is 0 Å². The highest BCUT2D eigenvalue weighted by atomic mass is 19.4. The van der Waals surface area contributed by atoms with Gasteiger partial charge in [0.25, 0.3) is 0 Å². The molecule has 204 valence electrons. The first-order chi connectivity index (χ1) is 17.5. The predicted octanol–water partition coefficient (Wildman–Crippen LogP) is 5.90. The van der Waals surface area contributed by atoms with Crippen LogP contribution in [0.25, 0.3) is 0 Å². The molecule has 2 aromatic carbocycles. The Bertz CT molecular complexity index is 1230. The van der Waals surface area contributed by atoms with Crippen molar-refractivity contribution in [3.63, 3.8) is 0 Å². The van der Waals surface area contributed by atoms with E-state index in [1.54, 1.807) is 0 Å². The lowest BCUT2D eigenvalue weighted by molar-refractivity contribution is -0.250. The van der Waals surface area contributed by atoms with Crippen LogP contribution in [0.15, 0.2) is 48.5 Å². The van der Waals surface area contributed by atoms with E-state index in [-0.39, 0.29) is 17.9 Å². The van der Waals surface area contributed by atoms with Crippen LogP contribution in [0.5, 0.6) is 0 Å². The molecule has 1 unspecified atom stereocenters. The quantitative estimate of drug-likeness (QED) is 0.340. The Hall–Kier alpha value is -3.82. The standard InChI is InChI=1S/C22H17F9N6O/c23-20(24,25)12-3-1-5-14(9-12)32-16-34-17(33-15-6-2-4-13(10-15)21(26,27)28)36-18(35-16)37-8-7-19(38,11-37)22(29,30)31/h1-6,9-10,38H,7-8,11H2,(H2,32,33,34,35,36). The van der Waals surface area contributed by atoms with Crippen LogP contribution in [0.2, 0.25) is 0 Å². The molecule has 3 N–H and O–H groups in total. The Morgan fingerprint density at radius 3 is 1.61 bits per heavy atom. The van der Waals surface area contributed by atoms with Gasteiger partial charge in [-0.15, -0.1) is 0 Å². The zero-order valence-corrected chi connectivity index (χ0v) is 18.9. The molecule has 1 aliphatic heterocycles. The highest BCUT2D eigenvalue weighted by Gasteiger charge is 2.57. The number of halogens is 9. The van der Waals surface area contributed by atoms with Gasteiger partial charge in [-0.3, -0.25) is 0 Å². The molecule has 0 saturated carbocycles. The molecule has 2 heterocycles. The Morgan fingerprint density at radius 1 is 0.737 bits per heavy atom. The van der Waals surface area contributed by atoms with Gasteiger partial charge in [0.05, 0.1) is 17.7 Å². The third-order valence-corrected chi connectivity index (χ3v) is 5.57. The number of β-amino-alcohol motifs (C(OH)–C–C–N with tert-alkyl or cyclic N) is 1. The molecule has 1 saturated heterocycles. The first kappa shape index (κ1) is 27.2. The second-order valence-corrected chi connectivity index (χ2v) is 8.39. The van der Waals surface area contributed by atoms with Gasteiger partial charge < -0.3 is 20.6 Å². The fourth-order valence-corrected chi connectivity index (χ4v) is 3.62. The van der Waals surface area contributed by atoms with Gasteiger partial charge in [-0.1, -0.05) is 12.1 Å². The van der Waals surface area contributed by atoms with Crippen molar-refractivity contribution in [2.75, 3.05) is 28.6 Å². The van der Waals surface area contributed by atoms with Crippen LogP contribution in [-0.4, -0.2) is 44.9 Å². The topological polar surface area (TPSA) is 86.2 Å². The van der Waals surface area contributed by atoms with Gasteiger partial charge in [-0.25, -0.2) is 0 Å². The lowest BCUT2D eigenvalue weighted by atomic mass is 10.0. The van der Waals surface area contributed by atoms with Gasteiger partial charge in [-0.2, -0.15) is 54.5 Å². The number of rotatable bonds is 5. The Labute approximate surface area is 208 Å². The number of alkyl halides is 9. The van der Waals surface area contributed by atoms with Gasteiger partial charge in [0.15, 0.2) is 5.60 Å². The molecule has 3 aromatic rings. The third-order valence-electron chi connectivity index (χ3n) is 5.57. The van der Waals surface area contributed by atoms with Crippen LogP contribution in [0.1, 0.15) is 17.5 Å². The van der Waals surface area contributed by atoms with Gasteiger partial charge >= 0.3 is 18.5 Å². The number of anilines is 5. The number of aromatic nitrogens is 3. The second kappa shape index (κ2) is 9.49. The molecule has 0 radical (unpaired) electrons. The molecular weight excluding hydrogens is 535 g/mol. The van der Waals surface area contributed by atoms with Crippen molar-refractivity contribution in [3.8, 4) is 0 Å². The fraction of sp³-hybridized carbons (Fsp3) is 0.318. The van der Waals surface area contributed by atoms with E-state index in [0.29, 0.717) is 0 Å².